The molecule has 1 aliphatic carbocycles. The topological polar surface area (TPSA) is 54.9 Å². The third-order valence-electron chi connectivity index (χ3n) is 4.05. The van der Waals surface area contributed by atoms with Crippen molar-refractivity contribution < 1.29 is 0 Å². The molecule has 120 valence electrons. The molecule has 0 fully saturated rings. The second-order valence-electron chi connectivity index (χ2n) is 5.65. The first-order chi connectivity index (χ1) is 11.2. The molecular weight excluding hydrogens is 308 g/mol. The van der Waals surface area contributed by atoms with Crippen LogP contribution in [0.1, 0.15) is 31.7 Å². The van der Waals surface area contributed by atoms with Crippen LogP contribution in [-0.4, -0.2) is 9.55 Å². The number of nitrogens with zero attached hydrogens (tertiary/aromatic N) is 1. The van der Waals surface area contributed by atoms with E-state index >= 15 is 0 Å². The summed E-state index contributed by atoms with van der Waals surface area (Å²) in [6.07, 6.45) is 6.07. The fourth-order valence-electron chi connectivity index (χ4n) is 2.85. The van der Waals surface area contributed by atoms with Gasteiger partial charge in [0.05, 0.1) is 5.03 Å². The number of H-pyrrole nitrogens is 1. The molecule has 0 aliphatic heterocycles. The van der Waals surface area contributed by atoms with Gasteiger partial charge >= 0.3 is 5.69 Å². The molecule has 0 saturated carbocycles. The maximum absolute atomic E-state index is 12.4. The SMILES string of the molecule is CCc1c(Sc2ccccc2)n(CC2=CCCC2)c(=O)[nH]c1=O. The van der Waals surface area contributed by atoms with Crippen LogP contribution in [-0.2, 0) is 13.0 Å². The predicted octanol–water partition coefficient (Wildman–Crippen LogP) is 3.36. The maximum atomic E-state index is 12.4. The zero-order valence-electron chi connectivity index (χ0n) is 13.2. The molecule has 1 N–H and O–H groups in total. The number of rotatable bonds is 5. The van der Waals surface area contributed by atoms with Crippen molar-refractivity contribution >= 4 is 11.8 Å². The van der Waals surface area contributed by atoms with Gasteiger partial charge in [-0.05, 0) is 37.8 Å². The molecule has 5 heteroatoms. The summed E-state index contributed by atoms with van der Waals surface area (Å²) in [6.45, 7) is 2.51. The Morgan fingerprint density at radius 3 is 2.65 bits per heavy atom. The van der Waals surface area contributed by atoms with Gasteiger partial charge in [-0.2, -0.15) is 0 Å². The summed E-state index contributed by atoms with van der Waals surface area (Å²) in [5.74, 6) is 0. The quantitative estimate of drug-likeness (QED) is 0.676. The number of allylic oxidation sites excluding steroid dienone is 2. The zero-order chi connectivity index (χ0) is 16.2. The predicted molar refractivity (Wildman–Crippen MR) is 93.2 cm³/mol. The van der Waals surface area contributed by atoms with Gasteiger partial charge in [-0.3, -0.25) is 14.3 Å². The Kier molecular flexibility index (Phi) is 4.86. The lowest BCUT2D eigenvalue weighted by atomic mass is 10.2. The molecule has 4 nitrogen and oxygen atoms in total. The second-order valence-corrected chi connectivity index (χ2v) is 6.71. The first-order valence-electron chi connectivity index (χ1n) is 7.96. The number of hydrogen-bond donors (Lipinski definition) is 1. The van der Waals surface area contributed by atoms with Gasteiger partial charge in [0.15, 0.2) is 0 Å². The van der Waals surface area contributed by atoms with Crippen LogP contribution in [0.2, 0.25) is 0 Å². The molecule has 0 unspecified atom stereocenters. The molecule has 0 radical (unpaired) electrons. The average Bonchev–Trinajstić information content (AvgIpc) is 3.05. The molecule has 1 aromatic heterocycles. The third kappa shape index (κ3) is 3.50. The average molecular weight is 328 g/mol. The third-order valence-corrected chi connectivity index (χ3v) is 5.22. The Hall–Kier alpha value is -2.01. The van der Waals surface area contributed by atoms with Gasteiger partial charge < -0.3 is 0 Å². The minimum Gasteiger partial charge on any atom is -0.283 e. The highest BCUT2D eigenvalue weighted by Gasteiger charge is 2.17. The lowest BCUT2D eigenvalue weighted by Gasteiger charge is -2.15. The van der Waals surface area contributed by atoms with E-state index in [1.807, 2.05) is 37.3 Å². The molecule has 1 aliphatic rings. The van der Waals surface area contributed by atoms with E-state index in [1.54, 1.807) is 4.57 Å². The Morgan fingerprint density at radius 1 is 1.22 bits per heavy atom. The van der Waals surface area contributed by atoms with E-state index in [4.69, 9.17) is 0 Å². The summed E-state index contributed by atoms with van der Waals surface area (Å²) in [5.41, 5.74) is 1.36. The highest BCUT2D eigenvalue weighted by Crippen LogP contribution is 2.29. The molecule has 0 bridgehead atoms. The molecule has 0 spiro atoms. The summed E-state index contributed by atoms with van der Waals surface area (Å²) in [6, 6.07) is 9.87. The van der Waals surface area contributed by atoms with E-state index in [0.717, 1.165) is 29.2 Å². The number of hydrogen-bond acceptors (Lipinski definition) is 3. The largest absolute Gasteiger partial charge is 0.329 e. The summed E-state index contributed by atoms with van der Waals surface area (Å²) >= 11 is 1.49. The van der Waals surface area contributed by atoms with Crippen molar-refractivity contribution in [2.45, 2.75) is 49.1 Å². The van der Waals surface area contributed by atoms with Crippen molar-refractivity contribution in [1.29, 1.82) is 0 Å². The van der Waals surface area contributed by atoms with Crippen LogP contribution in [0.15, 0.2) is 61.5 Å². The van der Waals surface area contributed by atoms with Crippen LogP contribution < -0.4 is 11.2 Å². The van der Waals surface area contributed by atoms with E-state index in [2.05, 4.69) is 11.1 Å². The second kappa shape index (κ2) is 7.04. The van der Waals surface area contributed by atoms with Crippen molar-refractivity contribution in [1.82, 2.24) is 9.55 Å². The fraction of sp³-hybridized carbons (Fsp3) is 0.333. The molecule has 3 rings (SSSR count). The number of nitrogens with one attached hydrogen (secondary N) is 1. The molecule has 2 aromatic rings. The zero-order valence-corrected chi connectivity index (χ0v) is 14.0. The fourth-order valence-corrected chi connectivity index (χ4v) is 3.98. The molecule has 0 amide bonds. The van der Waals surface area contributed by atoms with Crippen LogP contribution in [0.25, 0.3) is 0 Å². The molecular formula is C18H20N2O2S. The lowest BCUT2D eigenvalue weighted by molar-refractivity contribution is 0.617. The Morgan fingerprint density at radius 2 is 2.00 bits per heavy atom. The normalized spacial score (nSPS) is 14.0. The van der Waals surface area contributed by atoms with Gasteiger partial charge in [-0.1, -0.05) is 48.5 Å². The van der Waals surface area contributed by atoms with E-state index in [9.17, 15) is 9.59 Å². The van der Waals surface area contributed by atoms with Gasteiger partial charge in [-0.25, -0.2) is 4.79 Å². The molecule has 23 heavy (non-hydrogen) atoms. The van der Waals surface area contributed by atoms with Crippen molar-refractivity contribution in [2.75, 3.05) is 0 Å². The summed E-state index contributed by atoms with van der Waals surface area (Å²) in [7, 11) is 0. The summed E-state index contributed by atoms with van der Waals surface area (Å²) < 4.78 is 1.72. The van der Waals surface area contributed by atoms with Gasteiger partial charge in [0.1, 0.15) is 0 Å². The monoisotopic (exact) mass is 328 g/mol. The van der Waals surface area contributed by atoms with Crippen molar-refractivity contribution in [2.24, 2.45) is 0 Å². The lowest BCUT2D eigenvalue weighted by Crippen LogP contribution is -2.34. The Labute approximate surface area is 139 Å². The van der Waals surface area contributed by atoms with Crippen LogP contribution >= 0.6 is 11.8 Å². The van der Waals surface area contributed by atoms with Gasteiger partial charge in [0.25, 0.3) is 5.56 Å². The summed E-state index contributed by atoms with van der Waals surface area (Å²) in [4.78, 5) is 28.0. The van der Waals surface area contributed by atoms with Crippen LogP contribution in [0.3, 0.4) is 0 Å². The van der Waals surface area contributed by atoms with E-state index < -0.39 is 0 Å². The van der Waals surface area contributed by atoms with Gasteiger partial charge in [0, 0.05) is 17.0 Å². The minimum atomic E-state index is -0.321. The Balaban J connectivity index is 2.09. The highest BCUT2D eigenvalue weighted by atomic mass is 32.2. The summed E-state index contributed by atoms with van der Waals surface area (Å²) in [5, 5.41) is 0.764. The smallest absolute Gasteiger partial charge is 0.283 e. The van der Waals surface area contributed by atoms with Crippen LogP contribution in [0.5, 0.6) is 0 Å². The number of benzene rings is 1. The molecule has 1 aromatic carbocycles. The number of aromatic amines is 1. The molecule has 0 saturated heterocycles. The van der Waals surface area contributed by atoms with E-state index in [1.165, 1.54) is 17.3 Å². The van der Waals surface area contributed by atoms with E-state index in [-0.39, 0.29) is 11.2 Å². The van der Waals surface area contributed by atoms with Crippen LogP contribution in [0.4, 0.5) is 0 Å². The van der Waals surface area contributed by atoms with Crippen molar-refractivity contribution in [3.05, 3.63) is 68.4 Å². The highest BCUT2D eigenvalue weighted by molar-refractivity contribution is 7.99. The first-order valence-corrected chi connectivity index (χ1v) is 8.77. The maximum Gasteiger partial charge on any atom is 0.329 e. The molecule has 1 heterocycles. The Bertz CT molecular complexity index is 834. The van der Waals surface area contributed by atoms with Crippen LogP contribution in [0, 0.1) is 0 Å². The van der Waals surface area contributed by atoms with Gasteiger partial charge in [-0.15, -0.1) is 0 Å². The van der Waals surface area contributed by atoms with Crippen molar-refractivity contribution in [3.8, 4) is 0 Å². The minimum absolute atomic E-state index is 0.271. The van der Waals surface area contributed by atoms with Gasteiger partial charge in [0.2, 0.25) is 0 Å². The molecule has 0 atom stereocenters. The van der Waals surface area contributed by atoms with Crippen molar-refractivity contribution in [3.63, 3.8) is 0 Å². The number of aromatic nitrogens is 2. The van der Waals surface area contributed by atoms with E-state index in [0.29, 0.717) is 18.5 Å². The standard InChI is InChI=1S/C18H20N2O2S/c1-2-15-16(21)19-18(22)20(12-13-8-6-7-9-13)17(15)23-14-10-4-3-5-11-14/h3-5,8,10-11H,2,6-7,9,12H2,1H3,(H,19,21,22). The first kappa shape index (κ1) is 15.9.